The Morgan fingerprint density at radius 3 is 2.50 bits per heavy atom. The van der Waals surface area contributed by atoms with Crippen LogP contribution in [0, 0.1) is 18.6 Å². The number of sulfonamides is 1. The van der Waals surface area contributed by atoms with Crippen LogP contribution in [0.25, 0.3) is 22.6 Å². The Morgan fingerprint density at radius 1 is 1.10 bits per heavy atom. The van der Waals surface area contributed by atoms with Crippen molar-refractivity contribution in [1.29, 1.82) is 0 Å². The molecule has 210 valence electrons. The van der Waals surface area contributed by atoms with Crippen molar-refractivity contribution in [3.63, 3.8) is 0 Å². The van der Waals surface area contributed by atoms with E-state index in [0.717, 1.165) is 42.5 Å². The maximum atomic E-state index is 14.6. The summed E-state index contributed by atoms with van der Waals surface area (Å²) >= 11 is 0. The number of aryl methyl sites for hydroxylation is 1. The van der Waals surface area contributed by atoms with Crippen LogP contribution >= 0.6 is 0 Å². The molecule has 0 unspecified atom stereocenters. The number of benzene rings is 1. The van der Waals surface area contributed by atoms with Crippen LogP contribution in [-0.4, -0.2) is 39.8 Å². The Hall–Kier alpha value is -3.86. The van der Waals surface area contributed by atoms with Crippen LogP contribution in [0.4, 0.5) is 14.6 Å². The van der Waals surface area contributed by atoms with E-state index in [-0.39, 0.29) is 24.4 Å². The summed E-state index contributed by atoms with van der Waals surface area (Å²) in [6.07, 6.45) is 7.47. The van der Waals surface area contributed by atoms with Crippen LogP contribution in [-0.2, 0) is 15.4 Å². The predicted molar refractivity (Wildman–Crippen MR) is 151 cm³/mol. The molecule has 8 nitrogen and oxygen atoms in total. The number of nitrogens with one attached hydrogen (secondary N) is 1. The Balaban J connectivity index is 0.00000387. The minimum absolute atomic E-state index is 0. The molecule has 0 aliphatic heterocycles. The number of hydrogen-bond donors (Lipinski definition) is 1. The molecule has 2 atom stereocenters. The summed E-state index contributed by atoms with van der Waals surface area (Å²) in [4.78, 5) is 13.7. The lowest BCUT2D eigenvalue weighted by Gasteiger charge is -2.39. The average Bonchev–Trinajstić information content (AvgIpc) is 2.93. The standard InChI is InChI=1S/C29H30F2N6O2S.H2/c1-5-18-10-12-29(6-2,26-20(18)15-23(35-36-26)25-21(30)8-7-9-22(25)31)24-11-13-32-28(34-24)19-14-17(3)27(33-16-19)37-40(4,38)39;/h7-9,11,13-16,18H,5-6,10,12H2,1-4H3,(H,33,37);1H/t18-,29+;/m0./s1. The van der Waals surface area contributed by atoms with Crippen molar-refractivity contribution in [2.75, 3.05) is 11.0 Å². The van der Waals surface area contributed by atoms with E-state index in [4.69, 9.17) is 4.98 Å². The van der Waals surface area contributed by atoms with E-state index in [9.17, 15) is 17.2 Å². The molecule has 1 N–H and O–H groups in total. The summed E-state index contributed by atoms with van der Waals surface area (Å²) in [5, 5.41) is 8.93. The van der Waals surface area contributed by atoms with Gasteiger partial charge in [-0.15, -0.1) is 5.10 Å². The molecule has 4 aromatic rings. The second kappa shape index (κ2) is 10.6. The molecule has 1 aliphatic rings. The first-order chi connectivity index (χ1) is 19.1. The minimum atomic E-state index is -3.47. The quantitative estimate of drug-likeness (QED) is 0.284. The molecule has 3 heterocycles. The third-order valence-electron chi connectivity index (χ3n) is 7.72. The first kappa shape index (κ1) is 27.7. The van der Waals surface area contributed by atoms with E-state index in [1.54, 1.807) is 25.3 Å². The highest BCUT2D eigenvalue weighted by atomic mass is 32.2. The van der Waals surface area contributed by atoms with Crippen LogP contribution in [0.5, 0.6) is 0 Å². The van der Waals surface area contributed by atoms with Crippen molar-refractivity contribution in [1.82, 2.24) is 25.1 Å². The van der Waals surface area contributed by atoms with Crippen LogP contribution < -0.4 is 4.72 Å². The third-order valence-corrected chi connectivity index (χ3v) is 8.28. The van der Waals surface area contributed by atoms with E-state index in [1.165, 1.54) is 24.4 Å². The van der Waals surface area contributed by atoms with Crippen molar-refractivity contribution in [3.8, 4) is 22.6 Å². The zero-order valence-corrected chi connectivity index (χ0v) is 23.6. The van der Waals surface area contributed by atoms with Crippen molar-refractivity contribution in [3.05, 3.63) is 82.9 Å². The fourth-order valence-electron chi connectivity index (χ4n) is 5.59. The minimum Gasteiger partial charge on any atom is -0.267 e. The van der Waals surface area contributed by atoms with Gasteiger partial charge in [-0.2, -0.15) is 5.10 Å². The molecule has 3 aromatic heterocycles. The van der Waals surface area contributed by atoms with Crippen molar-refractivity contribution >= 4 is 15.8 Å². The summed E-state index contributed by atoms with van der Waals surface area (Å²) in [6.45, 7) is 5.92. The van der Waals surface area contributed by atoms with Crippen LogP contribution in [0.2, 0.25) is 0 Å². The Bertz CT molecular complexity index is 1680. The zero-order valence-electron chi connectivity index (χ0n) is 22.7. The van der Waals surface area contributed by atoms with Crippen LogP contribution in [0.3, 0.4) is 0 Å². The molecule has 0 saturated carbocycles. The molecule has 0 radical (unpaired) electrons. The highest BCUT2D eigenvalue weighted by Gasteiger charge is 2.43. The average molecular weight is 567 g/mol. The SMILES string of the molecule is CC[C@H]1CC[C@](CC)(c2ccnc(-c3cnc(NS(C)(=O)=O)c(C)c3)n2)c2nnc(-c3c(F)cccc3F)cc21.[HH]. The van der Waals surface area contributed by atoms with Crippen LogP contribution in [0.15, 0.2) is 48.8 Å². The summed E-state index contributed by atoms with van der Waals surface area (Å²) in [7, 11) is -3.47. The topological polar surface area (TPSA) is 111 Å². The lowest BCUT2D eigenvalue weighted by Crippen LogP contribution is -2.36. The van der Waals surface area contributed by atoms with E-state index in [2.05, 4.69) is 38.7 Å². The third kappa shape index (κ3) is 5.05. The fourth-order valence-corrected chi connectivity index (χ4v) is 6.16. The number of fused-ring (bicyclic) bond motifs is 1. The van der Waals surface area contributed by atoms with Gasteiger partial charge in [0.2, 0.25) is 10.0 Å². The van der Waals surface area contributed by atoms with Gasteiger partial charge in [0.1, 0.15) is 17.5 Å². The Labute approximate surface area is 233 Å². The number of aromatic nitrogens is 5. The summed E-state index contributed by atoms with van der Waals surface area (Å²) in [6, 6.07) is 9.21. The maximum Gasteiger partial charge on any atom is 0.230 e. The van der Waals surface area contributed by atoms with Gasteiger partial charge in [-0.25, -0.2) is 32.2 Å². The van der Waals surface area contributed by atoms with E-state index in [0.29, 0.717) is 23.4 Å². The fraction of sp³-hybridized carbons (Fsp3) is 0.345. The lowest BCUT2D eigenvalue weighted by molar-refractivity contribution is 0.353. The molecule has 40 heavy (non-hydrogen) atoms. The number of anilines is 1. The number of nitrogens with zero attached hydrogens (tertiary/aromatic N) is 5. The van der Waals surface area contributed by atoms with Gasteiger partial charge in [0.25, 0.3) is 0 Å². The van der Waals surface area contributed by atoms with Gasteiger partial charge < -0.3 is 0 Å². The highest BCUT2D eigenvalue weighted by molar-refractivity contribution is 7.92. The second-order valence-corrected chi connectivity index (χ2v) is 12.0. The summed E-state index contributed by atoms with van der Waals surface area (Å²) in [5.41, 5.74) is 3.16. The van der Waals surface area contributed by atoms with Gasteiger partial charge >= 0.3 is 0 Å². The van der Waals surface area contributed by atoms with E-state index >= 15 is 0 Å². The molecule has 0 spiro atoms. The van der Waals surface area contributed by atoms with Gasteiger partial charge in [0.05, 0.1) is 34.3 Å². The highest BCUT2D eigenvalue weighted by Crippen LogP contribution is 2.49. The molecular weight excluding hydrogens is 534 g/mol. The lowest BCUT2D eigenvalue weighted by atomic mass is 9.65. The first-order valence-corrected chi connectivity index (χ1v) is 15.1. The van der Waals surface area contributed by atoms with E-state index < -0.39 is 27.1 Å². The van der Waals surface area contributed by atoms with Crippen molar-refractivity contribution in [2.45, 2.75) is 57.8 Å². The smallest absolute Gasteiger partial charge is 0.230 e. The molecule has 1 aliphatic carbocycles. The molecule has 11 heteroatoms. The summed E-state index contributed by atoms with van der Waals surface area (Å²) < 4.78 is 54.9. The number of rotatable bonds is 7. The van der Waals surface area contributed by atoms with Crippen molar-refractivity contribution < 1.29 is 18.6 Å². The molecule has 1 aromatic carbocycles. The molecule has 0 saturated heterocycles. The molecule has 0 amide bonds. The Morgan fingerprint density at radius 2 is 1.85 bits per heavy atom. The molecular formula is C29H32F2N6O2S. The molecule has 5 rings (SSSR count). The molecule has 0 bridgehead atoms. The van der Waals surface area contributed by atoms with Crippen molar-refractivity contribution in [2.24, 2.45) is 0 Å². The van der Waals surface area contributed by atoms with Gasteiger partial charge in [-0.05, 0) is 80.0 Å². The van der Waals surface area contributed by atoms with E-state index in [1.807, 2.05) is 6.07 Å². The monoisotopic (exact) mass is 566 g/mol. The van der Waals surface area contributed by atoms with Crippen LogP contribution in [0.1, 0.15) is 69.4 Å². The largest absolute Gasteiger partial charge is 0.267 e. The number of hydrogen-bond acceptors (Lipinski definition) is 7. The predicted octanol–water partition coefficient (Wildman–Crippen LogP) is 6.18. The van der Waals surface area contributed by atoms with Gasteiger partial charge in [0.15, 0.2) is 5.82 Å². The normalized spacial score (nSPS) is 18.8. The first-order valence-electron chi connectivity index (χ1n) is 13.2. The Kier molecular flexibility index (Phi) is 7.34. The number of halogens is 2. The zero-order chi connectivity index (χ0) is 28.7. The van der Waals surface area contributed by atoms with Gasteiger partial charge in [-0.3, -0.25) is 4.72 Å². The van der Waals surface area contributed by atoms with Gasteiger partial charge in [0, 0.05) is 19.4 Å². The second-order valence-electron chi connectivity index (χ2n) is 10.2. The number of pyridine rings is 1. The molecule has 0 fully saturated rings. The summed E-state index contributed by atoms with van der Waals surface area (Å²) in [5.74, 6) is -0.494. The van der Waals surface area contributed by atoms with Gasteiger partial charge in [-0.1, -0.05) is 19.9 Å². The maximum absolute atomic E-state index is 14.6.